The molecule has 0 saturated carbocycles. The Morgan fingerprint density at radius 2 is 1.28 bits per heavy atom. The Kier molecular flexibility index (Phi) is 5.71. The molecule has 3 aromatic carbocycles. The van der Waals surface area contributed by atoms with E-state index in [9.17, 15) is 9.13 Å². The van der Waals surface area contributed by atoms with Gasteiger partial charge in [0.25, 0.3) is 0 Å². The van der Waals surface area contributed by atoms with Crippen LogP contribution in [0.4, 0.5) is 0 Å². The molecule has 0 amide bonds. The van der Waals surface area contributed by atoms with Crippen LogP contribution in [-0.4, -0.2) is 18.0 Å². The van der Waals surface area contributed by atoms with Crippen LogP contribution >= 0.6 is 25.9 Å². The Labute approximate surface area is 177 Å². The first-order valence-corrected chi connectivity index (χ1v) is 13.9. The molecule has 1 aliphatic heterocycles. The summed E-state index contributed by atoms with van der Waals surface area (Å²) in [6.07, 6.45) is 0.754. The lowest BCUT2D eigenvalue weighted by Gasteiger charge is -2.36. The molecular formula is C24H23ClO2P2. The maximum Gasteiger partial charge on any atom is 0.151 e. The fourth-order valence-corrected chi connectivity index (χ4v) is 12.3. The second-order valence-corrected chi connectivity index (χ2v) is 13.9. The van der Waals surface area contributed by atoms with E-state index in [2.05, 4.69) is 0 Å². The van der Waals surface area contributed by atoms with E-state index < -0.39 is 19.9 Å². The van der Waals surface area contributed by atoms with E-state index in [0.717, 1.165) is 21.5 Å². The molecule has 0 aliphatic carbocycles. The molecule has 5 heteroatoms. The lowest BCUT2D eigenvalue weighted by Crippen LogP contribution is -2.33. The Balaban J connectivity index is 1.92. The second kappa shape index (κ2) is 8.11. The number of allylic oxidation sites excluding steroid dienone is 2. The number of hydrogen-bond donors (Lipinski definition) is 0. The van der Waals surface area contributed by atoms with Crippen molar-refractivity contribution in [2.24, 2.45) is 0 Å². The molecule has 3 aromatic rings. The highest BCUT2D eigenvalue weighted by Crippen LogP contribution is 2.62. The zero-order valence-corrected chi connectivity index (χ0v) is 18.8. The van der Waals surface area contributed by atoms with Gasteiger partial charge in [0.05, 0.1) is 5.66 Å². The first-order chi connectivity index (χ1) is 13.9. The van der Waals surface area contributed by atoms with Crippen molar-refractivity contribution in [3.8, 4) is 0 Å². The standard InChI is InChI=1S/C24H23ClO2P2/c1-19-17-28(26,20-11-5-2-6-12-20)18-23(24(19)25)29(27,21-13-7-3-8-14-21)22-15-9-4-10-16-22/h2-16,23H,17-18H2,1H3/t23-,28+/m1/s1. The molecule has 0 unspecified atom stereocenters. The van der Waals surface area contributed by atoms with E-state index in [4.69, 9.17) is 11.6 Å². The Morgan fingerprint density at radius 3 is 1.76 bits per heavy atom. The molecule has 0 fully saturated rings. The summed E-state index contributed by atoms with van der Waals surface area (Å²) in [4.78, 5) is 0. The molecule has 2 nitrogen and oxygen atoms in total. The Morgan fingerprint density at radius 1 is 0.828 bits per heavy atom. The van der Waals surface area contributed by atoms with Gasteiger partial charge in [0.2, 0.25) is 0 Å². The van der Waals surface area contributed by atoms with E-state index in [-0.39, 0.29) is 0 Å². The van der Waals surface area contributed by atoms with Crippen molar-refractivity contribution in [1.29, 1.82) is 0 Å². The average molecular weight is 441 g/mol. The van der Waals surface area contributed by atoms with Crippen molar-refractivity contribution in [3.63, 3.8) is 0 Å². The van der Waals surface area contributed by atoms with E-state index in [0.29, 0.717) is 17.4 Å². The fourth-order valence-electron chi connectivity index (χ4n) is 4.15. The maximum absolute atomic E-state index is 14.8. The second-order valence-electron chi connectivity index (χ2n) is 7.54. The zero-order chi connectivity index (χ0) is 20.5. The van der Waals surface area contributed by atoms with Crippen LogP contribution in [0.15, 0.2) is 102 Å². The fraction of sp³-hybridized carbons (Fsp3) is 0.167. The molecule has 0 spiro atoms. The average Bonchev–Trinajstić information content (AvgIpc) is 2.77. The van der Waals surface area contributed by atoms with Crippen molar-refractivity contribution in [2.45, 2.75) is 12.6 Å². The third kappa shape index (κ3) is 3.71. The van der Waals surface area contributed by atoms with Crippen LogP contribution in [0, 0.1) is 0 Å². The Hall–Kier alpha value is -1.85. The predicted octanol–water partition coefficient (Wildman–Crippen LogP) is 5.58. The van der Waals surface area contributed by atoms with Gasteiger partial charge >= 0.3 is 0 Å². The molecule has 0 aromatic heterocycles. The number of hydrogen-bond acceptors (Lipinski definition) is 2. The molecule has 0 saturated heterocycles. The molecule has 148 valence electrons. The summed E-state index contributed by atoms with van der Waals surface area (Å²) in [5.74, 6) is 0. The smallest absolute Gasteiger partial charge is 0.151 e. The summed E-state index contributed by atoms with van der Waals surface area (Å²) in [5.41, 5.74) is 0.385. The summed E-state index contributed by atoms with van der Waals surface area (Å²) in [7, 11) is -5.92. The van der Waals surface area contributed by atoms with Gasteiger partial charge in [-0.25, -0.2) is 0 Å². The zero-order valence-electron chi connectivity index (χ0n) is 16.2. The van der Waals surface area contributed by atoms with Gasteiger partial charge in [0.15, 0.2) is 7.14 Å². The molecule has 0 N–H and O–H groups in total. The lowest BCUT2D eigenvalue weighted by molar-refractivity contribution is 0.573. The van der Waals surface area contributed by atoms with Gasteiger partial charge in [-0.2, -0.15) is 0 Å². The largest absolute Gasteiger partial charge is 0.318 e. The molecule has 4 rings (SSSR count). The summed E-state index contributed by atoms with van der Waals surface area (Å²) in [6.45, 7) is 1.92. The minimum atomic E-state index is -3.16. The van der Waals surface area contributed by atoms with Crippen LogP contribution in [0.3, 0.4) is 0 Å². The minimum Gasteiger partial charge on any atom is -0.318 e. The molecular weight excluding hydrogens is 418 g/mol. The van der Waals surface area contributed by atoms with E-state index in [1.165, 1.54) is 0 Å². The Bertz CT molecular complexity index is 1080. The highest BCUT2D eigenvalue weighted by molar-refractivity contribution is 7.81. The van der Waals surface area contributed by atoms with E-state index in [1.54, 1.807) is 0 Å². The monoisotopic (exact) mass is 440 g/mol. The molecule has 0 bridgehead atoms. The van der Waals surface area contributed by atoms with Crippen LogP contribution < -0.4 is 15.9 Å². The maximum atomic E-state index is 14.8. The van der Waals surface area contributed by atoms with Crippen LogP contribution in [0.2, 0.25) is 0 Å². The number of rotatable bonds is 4. The first-order valence-electron chi connectivity index (χ1n) is 9.65. The lowest BCUT2D eigenvalue weighted by atomic mass is 10.2. The van der Waals surface area contributed by atoms with Gasteiger partial charge in [-0.1, -0.05) is 108 Å². The molecule has 1 aliphatic rings. The van der Waals surface area contributed by atoms with Crippen molar-refractivity contribution in [3.05, 3.63) is 102 Å². The number of halogens is 1. The number of benzene rings is 3. The van der Waals surface area contributed by atoms with Crippen LogP contribution in [0.1, 0.15) is 6.92 Å². The van der Waals surface area contributed by atoms with Crippen molar-refractivity contribution < 1.29 is 9.13 Å². The summed E-state index contributed by atoms with van der Waals surface area (Å²) >= 11 is 6.82. The van der Waals surface area contributed by atoms with Gasteiger partial charge in [-0.15, -0.1) is 0 Å². The van der Waals surface area contributed by atoms with E-state index in [1.807, 2.05) is 97.9 Å². The van der Waals surface area contributed by atoms with Gasteiger partial charge in [-0.05, 0) is 6.92 Å². The van der Waals surface area contributed by atoms with Gasteiger partial charge < -0.3 is 9.13 Å². The molecule has 29 heavy (non-hydrogen) atoms. The minimum absolute atomic E-state index is 0.314. The topological polar surface area (TPSA) is 34.1 Å². The quantitative estimate of drug-likeness (QED) is 0.496. The van der Waals surface area contributed by atoms with Crippen molar-refractivity contribution in [1.82, 2.24) is 0 Å². The third-order valence-corrected chi connectivity index (χ3v) is 13.3. The van der Waals surface area contributed by atoms with E-state index >= 15 is 0 Å². The normalized spacial score (nSPS) is 22.5. The van der Waals surface area contributed by atoms with Gasteiger partial charge in [0, 0.05) is 33.3 Å². The molecule has 0 radical (unpaired) electrons. The summed E-state index contributed by atoms with van der Waals surface area (Å²) in [5, 5.41) is 2.94. The van der Waals surface area contributed by atoms with Crippen molar-refractivity contribution >= 4 is 41.8 Å². The van der Waals surface area contributed by atoms with Crippen LogP contribution in [0.25, 0.3) is 0 Å². The first kappa shape index (κ1) is 20.4. The SMILES string of the molecule is CC1=C(Cl)[C@H](P(=O)(c2ccccc2)c2ccccc2)C[P@](=O)(c2ccccc2)C1. The van der Waals surface area contributed by atoms with Gasteiger partial charge in [0.1, 0.15) is 7.14 Å². The highest BCUT2D eigenvalue weighted by Gasteiger charge is 2.46. The van der Waals surface area contributed by atoms with Crippen molar-refractivity contribution in [2.75, 3.05) is 12.3 Å². The highest BCUT2D eigenvalue weighted by atomic mass is 35.5. The summed E-state index contributed by atoms with van der Waals surface area (Å²) in [6, 6.07) is 28.6. The van der Waals surface area contributed by atoms with Gasteiger partial charge in [-0.3, -0.25) is 0 Å². The van der Waals surface area contributed by atoms with Crippen LogP contribution in [-0.2, 0) is 9.13 Å². The van der Waals surface area contributed by atoms with Crippen LogP contribution in [0.5, 0.6) is 0 Å². The molecule has 2 atom stereocenters. The predicted molar refractivity (Wildman–Crippen MR) is 126 cm³/mol. The summed E-state index contributed by atoms with van der Waals surface area (Å²) < 4.78 is 28.9. The third-order valence-electron chi connectivity index (χ3n) is 5.61. The molecule has 1 heterocycles.